The van der Waals surface area contributed by atoms with Crippen molar-refractivity contribution in [3.63, 3.8) is 0 Å². The van der Waals surface area contributed by atoms with E-state index in [-0.39, 0.29) is 40.9 Å². The van der Waals surface area contributed by atoms with Crippen LogP contribution in [0.15, 0.2) is 6.58 Å². The standard InChI is InChI=1S/C27H32ClFN4O3/c1-7-16-13(2)18-19-23(30-16)32-12-27(15-8-9-15)11-10-17(33(27)25(34)36-26(4,5)6)21(32)14(3)35-24(19)31-22(28)20(18)29/h7,14-15,17,21H,1,8-12H2,2-6H3/t14-,17-,21+,27+/m0/s1. The maximum Gasteiger partial charge on any atom is 0.411 e. The zero-order valence-corrected chi connectivity index (χ0v) is 22.2. The Bertz CT molecular complexity index is 1310. The third-order valence-corrected chi connectivity index (χ3v) is 8.58. The molecule has 2 aromatic heterocycles. The monoisotopic (exact) mass is 514 g/mol. The van der Waals surface area contributed by atoms with E-state index in [0.717, 1.165) is 25.7 Å². The molecule has 5 heterocycles. The maximum atomic E-state index is 15.5. The van der Waals surface area contributed by atoms with Gasteiger partial charge in [-0.3, -0.25) is 4.90 Å². The molecule has 7 nitrogen and oxygen atoms in total. The van der Waals surface area contributed by atoms with Crippen LogP contribution in [-0.2, 0) is 4.74 Å². The summed E-state index contributed by atoms with van der Waals surface area (Å²) in [7, 11) is 0. The molecule has 0 aromatic carbocycles. The van der Waals surface area contributed by atoms with Gasteiger partial charge in [0.15, 0.2) is 11.0 Å². The molecule has 4 aliphatic rings. The Balaban J connectivity index is 1.57. The highest BCUT2D eigenvalue weighted by Crippen LogP contribution is 2.57. The molecule has 1 aliphatic carbocycles. The van der Waals surface area contributed by atoms with Gasteiger partial charge in [-0.25, -0.2) is 14.2 Å². The molecule has 0 unspecified atom stereocenters. The molecule has 2 saturated heterocycles. The van der Waals surface area contributed by atoms with Gasteiger partial charge in [0.2, 0.25) is 5.88 Å². The number of fused-ring (bicyclic) bond motifs is 5. The van der Waals surface area contributed by atoms with Crippen LogP contribution in [0, 0.1) is 18.7 Å². The van der Waals surface area contributed by atoms with Crippen molar-refractivity contribution in [1.82, 2.24) is 14.9 Å². The fourth-order valence-corrected chi connectivity index (χ4v) is 6.99. The highest BCUT2D eigenvalue weighted by Gasteiger charge is 2.65. The van der Waals surface area contributed by atoms with Gasteiger partial charge in [0.25, 0.3) is 0 Å². The van der Waals surface area contributed by atoms with Gasteiger partial charge in [0, 0.05) is 11.9 Å². The molecule has 36 heavy (non-hydrogen) atoms. The van der Waals surface area contributed by atoms with E-state index in [9.17, 15) is 4.79 Å². The van der Waals surface area contributed by atoms with Crippen molar-refractivity contribution in [3.05, 3.63) is 28.8 Å². The number of carbonyl (C=O) groups is 1. The van der Waals surface area contributed by atoms with Gasteiger partial charge in [-0.2, -0.15) is 4.98 Å². The van der Waals surface area contributed by atoms with Gasteiger partial charge < -0.3 is 14.4 Å². The molecular formula is C27H32ClFN4O3. The Kier molecular flexibility index (Phi) is 5.08. The molecule has 2 aromatic rings. The summed E-state index contributed by atoms with van der Waals surface area (Å²) < 4.78 is 27.8. The topological polar surface area (TPSA) is 67.8 Å². The zero-order valence-electron chi connectivity index (χ0n) is 21.4. The normalized spacial score (nSPS) is 29.0. The predicted octanol–water partition coefficient (Wildman–Crippen LogP) is 5.89. The van der Waals surface area contributed by atoms with E-state index >= 15 is 4.39 Å². The number of halogens is 2. The first-order valence-electron chi connectivity index (χ1n) is 12.7. The van der Waals surface area contributed by atoms with Crippen molar-refractivity contribution >= 4 is 40.4 Å². The van der Waals surface area contributed by atoms with Gasteiger partial charge in [0.1, 0.15) is 17.5 Å². The highest BCUT2D eigenvalue weighted by atomic mass is 35.5. The molecular weight excluding hydrogens is 483 g/mol. The van der Waals surface area contributed by atoms with E-state index in [1.54, 1.807) is 6.08 Å². The Morgan fingerprint density at radius 2 is 2.00 bits per heavy atom. The lowest BCUT2D eigenvalue weighted by Gasteiger charge is -2.54. The number of hydrogen-bond donors (Lipinski definition) is 0. The van der Waals surface area contributed by atoms with Crippen LogP contribution in [0.2, 0.25) is 5.15 Å². The molecule has 2 bridgehead atoms. The van der Waals surface area contributed by atoms with Gasteiger partial charge in [-0.15, -0.1) is 0 Å². The van der Waals surface area contributed by atoms with Crippen molar-refractivity contribution < 1.29 is 18.7 Å². The number of ether oxygens (including phenoxy) is 2. The minimum Gasteiger partial charge on any atom is -0.472 e. The number of carbonyl (C=O) groups excluding carboxylic acids is 1. The predicted molar refractivity (Wildman–Crippen MR) is 137 cm³/mol. The number of aryl methyl sites for hydroxylation is 1. The lowest BCUT2D eigenvalue weighted by Crippen LogP contribution is -2.71. The number of hydrogen-bond acceptors (Lipinski definition) is 6. The van der Waals surface area contributed by atoms with Crippen LogP contribution < -0.4 is 9.64 Å². The first-order valence-corrected chi connectivity index (χ1v) is 13.1. The van der Waals surface area contributed by atoms with E-state index in [0.29, 0.717) is 40.3 Å². The lowest BCUT2D eigenvalue weighted by molar-refractivity contribution is -0.0261. The minimum atomic E-state index is -0.595. The maximum absolute atomic E-state index is 15.5. The van der Waals surface area contributed by atoms with Crippen molar-refractivity contribution in [3.8, 4) is 5.88 Å². The average molecular weight is 515 g/mol. The van der Waals surface area contributed by atoms with E-state index in [1.807, 2.05) is 39.5 Å². The summed E-state index contributed by atoms with van der Waals surface area (Å²) in [6.45, 7) is 14.0. The van der Waals surface area contributed by atoms with Crippen molar-refractivity contribution in [2.75, 3.05) is 11.4 Å². The number of pyridine rings is 2. The van der Waals surface area contributed by atoms with Crippen LogP contribution in [0.4, 0.5) is 15.0 Å². The Hall–Kier alpha value is -2.61. The largest absolute Gasteiger partial charge is 0.472 e. The number of anilines is 1. The molecule has 6 rings (SSSR count). The summed E-state index contributed by atoms with van der Waals surface area (Å²) in [6, 6.07) is -0.344. The van der Waals surface area contributed by atoms with Crippen LogP contribution in [0.3, 0.4) is 0 Å². The number of aromatic nitrogens is 2. The molecule has 1 saturated carbocycles. The van der Waals surface area contributed by atoms with Crippen LogP contribution >= 0.6 is 11.6 Å². The Labute approximate surface area is 215 Å². The molecule has 0 spiro atoms. The van der Waals surface area contributed by atoms with E-state index in [2.05, 4.69) is 16.5 Å². The quantitative estimate of drug-likeness (QED) is 0.465. The van der Waals surface area contributed by atoms with Crippen molar-refractivity contribution in [2.24, 2.45) is 5.92 Å². The second kappa shape index (κ2) is 7.70. The smallest absolute Gasteiger partial charge is 0.411 e. The first-order chi connectivity index (χ1) is 17.0. The summed E-state index contributed by atoms with van der Waals surface area (Å²) in [5.74, 6) is 0.717. The molecule has 9 heteroatoms. The van der Waals surface area contributed by atoms with Gasteiger partial charge in [-0.05, 0) is 77.9 Å². The Morgan fingerprint density at radius 1 is 1.28 bits per heavy atom. The average Bonchev–Trinajstić information content (AvgIpc) is 3.61. The summed E-state index contributed by atoms with van der Waals surface area (Å²) in [5.41, 5.74) is 0.287. The second-order valence-electron chi connectivity index (χ2n) is 11.7. The third kappa shape index (κ3) is 3.25. The van der Waals surface area contributed by atoms with Crippen molar-refractivity contribution in [1.29, 1.82) is 0 Å². The summed E-state index contributed by atoms with van der Waals surface area (Å²) in [5, 5.41) is 0.664. The SMILES string of the molecule is C=Cc1nc2c3c(nc(Cl)c(F)c3c1C)O[C@@H](C)[C@@H]1[C@@H]3CC[C@](C4CC4)(CN21)N3C(=O)OC(C)(C)C. The number of nitrogens with zero attached hydrogens (tertiary/aromatic N) is 4. The molecule has 1 amide bonds. The van der Waals surface area contributed by atoms with Gasteiger partial charge >= 0.3 is 6.09 Å². The summed E-state index contributed by atoms with van der Waals surface area (Å²) in [6.07, 6.45) is 4.91. The fourth-order valence-electron chi connectivity index (χ4n) is 6.82. The molecule has 0 radical (unpaired) electrons. The first kappa shape index (κ1) is 23.8. The van der Waals surface area contributed by atoms with Gasteiger partial charge in [-0.1, -0.05) is 18.2 Å². The van der Waals surface area contributed by atoms with Crippen LogP contribution in [0.1, 0.15) is 64.6 Å². The van der Waals surface area contributed by atoms with Crippen LogP contribution in [0.25, 0.3) is 16.8 Å². The molecule has 4 atom stereocenters. The van der Waals surface area contributed by atoms with E-state index < -0.39 is 11.4 Å². The Morgan fingerprint density at radius 3 is 2.64 bits per heavy atom. The minimum absolute atomic E-state index is 0.135. The number of rotatable bonds is 2. The second-order valence-corrected chi connectivity index (χ2v) is 12.1. The lowest BCUT2D eigenvalue weighted by atomic mass is 9.87. The molecule has 192 valence electrons. The highest BCUT2D eigenvalue weighted by molar-refractivity contribution is 6.30. The summed E-state index contributed by atoms with van der Waals surface area (Å²) >= 11 is 6.24. The van der Waals surface area contributed by atoms with Crippen LogP contribution in [-0.4, -0.2) is 56.8 Å². The van der Waals surface area contributed by atoms with Crippen LogP contribution in [0.5, 0.6) is 5.88 Å². The third-order valence-electron chi connectivity index (χ3n) is 8.33. The molecule has 3 aliphatic heterocycles. The number of amides is 1. The van der Waals surface area contributed by atoms with Gasteiger partial charge in [0.05, 0.1) is 28.7 Å². The molecule has 3 fully saturated rings. The fraction of sp³-hybridized carbons (Fsp3) is 0.593. The van der Waals surface area contributed by atoms with E-state index in [1.165, 1.54) is 0 Å². The number of piperazine rings is 1. The van der Waals surface area contributed by atoms with E-state index in [4.69, 9.17) is 26.1 Å². The summed E-state index contributed by atoms with van der Waals surface area (Å²) in [4.78, 5) is 27.2. The zero-order chi connectivity index (χ0) is 25.7. The van der Waals surface area contributed by atoms with Crippen molar-refractivity contribution in [2.45, 2.75) is 89.6 Å². The molecule has 0 N–H and O–H groups in total.